The molecule has 4 aromatic carbocycles. The Kier molecular flexibility index (Phi) is 12.9. The topological polar surface area (TPSA) is 254 Å². The normalized spacial score (nSPS) is 18.1. The Bertz CT molecular complexity index is 4200. The number of anilines is 6. The van der Waals surface area contributed by atoms with Gasteiger partial charge in [0.15, 0.2) is 17.5 Å². The van der Waals surface area contributed by atoms with Crippen molar-refractivity contribution in [3.63, 3.8) is 0 Å². The number of piperazine rings is 2. The Morgan fingerprint density at radius 2 is 1.26 bits per heavy atom. The number of benzene rings is 4. The van der Waals surface area contributed by atoms with Gasteiger partial charge in [0, 0.05) is 63.7 Å². The minimum absolute atomic E-state index is 0.00486. The highest BCUT2D eigenvalue weighted by atomic mass is 19.1. The van der Waals surface area contributed by atoms with E-state index in [-0.39, 0.29) is 41.7 Å². The summed E-state index contributed by atoms with van der Waals surface area (Å²) in [5, 5.41) is 22.8. The summed E-state index contributed by atoms with van der Waals surface area (Å²) in [4.78, 5) is 68.8. The van der Waals surface area contributed by atoms with Crippen LogP contribution in [0.4, 0.5) is 39.3 Å². The van der Waals surface area contributed by atoms with Gasteiger partial charge < -0.3 is 39.7 Å². The van der Waals surface area contributed by atoms with Crippen LogP contribution in [-0.4, -0.2) is 142 Å². The summed E-state index contributed by atoms with van der Waals surface area (Å²) < 4.78 is 31.1. The van der Waals surface area contributed by atoms with Gasteiger partial charge in [-0.1, -0.05) is 23.6 Å². The van der Waals surface area contributed by atoms with Crippen LogP contribution < -0.4 is 29.9 Å². The molecule has 1 saturated carbocycles. The number of aryl methyl sites for hydroxylation is 3. The lowest BCUT2D eigenvalue weighted by atomic mass is 10.1. The van der Waals surface area contributed by atoms with E-state index in [0.29, 0.717) is 100 Å². The SMILES string of the molecule is C=CC(=O)N1C2CCC1CN(c1ncc3ncnc(Nc4ccc(Oc5ccc6c(c5)nnn6C)c(C)c4)c3n1)C2.C=CC(=O)N1CCN(c2ncc3ncnc(Nc4ccc(Oc5ccc6c(c5)nnn6C)c(C)c4F)c3n2)C2CC21. The van der Waals surface area contributed by atoms with Gasteiger partial charge >= 0.3 is 0 Å². The number of hydrogen-bond donors (Lipinski definition) is 2. The van der Waals surface area contributed by atoms with Crippen molar-refractivity contribution >= 4 is 90.9 Å². The highest BCUT2D eigenvalue weighted by Crippen LogP contribution is 2.40. The molecule has 412 valence electrons. The average molecular weight is 1100 g/mol. The quantitative estimate of drug-likeness (QED) is 0.112. The van der Waals surface area contributed by atoms with Crippen molar-refractivity contribution in [2.45, 2.75) is 57.3 Å². The smallest absolute Gasteiger partial charge is 0.246 e. The van der Waals surface area contributed by atoms with Crippen LogP contribution in [0.1, 0.15) is 30.4 Å². The van der Waals surface area contributed by atoms with E-state index in [0.717, 1.165) is 52.8 Å². The molecule has 0 spiro atoms. The molecule has 6 aromatic heterocycles. The lowest BCUT2D eigenvalue weighted by molar-refractivity contribution is -0.129. The molecule has 0 radical (unpaired) electrons. The standard InChI is InChI=1S/C29H28N10O2.C28H25FN10O2/c1-4-26(40)39-19-6-7-20(39)15-38(14-19)29-30-13-23-27(34-29)28(32-16-31-23)33-18-5-10-25(17(2)11-18)41-21-8-9-24-22(12-21)35-36-37(24)3;1-4-24(40)38-9-10-39(22-12-21(22)38)28-30-13-19-26(34-28)27(32-14-31-19)33-17-6-8-23(15(2)25(17)29)41-16-5-7-20-18(11-16)35-36-37(20)3/h4-5,8-13,16,19-20H,1,6-7,14-15H2,2-3H3,(H,31,32,33);4-8,11,13-14,21-22H,1,9-10,12H2,2-3H3,(H,31,32,33). The van der Waals surface area contributed by atoms with Crippen molar-refractivity contribution < 1.29 is 23.5 Å². The van der Waals surface area contributed by atoms with Crippen LogP contribution in [0.25, 0.3) is 44.1 Å². The van der Waals surface area contributed by atoms with E-state index >= 15 is 4.39 Å². The summed E-state index contributed by atoms with van der Waals surface area (Å²) in [5.41, 5.74) is 7.87. The Morgan fingerprint density at radius 1 is 0.659 bits per heavy atom. The number of carbonyl (C=O) groups excluding carboxylic acids is 2. The number of aromatic nitrogens is 14. The third kappa shape index (κ3) is 9.53. The monoisotopic (exact) mass is 1100 g/mol. The molecule has 4 atom stereocenters. The molecule has 3 aliphatic heterocycles. The second-order valence-corrected chi connectivity index (χ2v) is 20.5. The molecule has 1 aliphatic carbocycles. The molecule has 3 saturated heterocycles. The van der Waals surface area contributed by atoms with Gasteiger partial charge in [0.1, 0.15) is 68.8 Å². The van der Waals surface area contributed by atoms with Crippen molar-refractivity contribution in [2.75, 3.05) is 46.6 Å². The van der Waals surface area contributed by atoms with Gasteiger partial charge in [-0.2, -0.15) is 0 Å². The van der Waals surface area contributed by atoms with Crippen molar-refractivity contribution in [1.82, 2.24) is 79.7 Å². The first-order valence-corrected chi connectivity index (χ1v) is 26.6. The summed E-state index contributed by atoms with van der Waals surface area (Å²) >= 11 is 0. The van der Waals surface area contributed by atoms with Crippen molar-refractivity contribution in [3.05, 3.63) is 134 Å². The molecule has 82 heavy (non-hydrogen) atoms. The Morgan fingerprint density at radius 3 is 1.89 bits per heavy atom. The second-order valence-electron chi connectivity index (χ2n) is 20.5. The van der Waals surface area contributed by atoms with Crippen LogP contribution in [0.15, 0.2) is 117 Å². The molecule has 4 aliphatic rings. The number of amides is 2. The number of ether oxygens (including phenoxy) is 2. The maximum absolute atomic E-state index is 15.6. The minimum Gasteiger partial charge on any atom is -0.457 e. The zero-order chi connectivity index (χ0) is 56.3. The third-order valence-corrected chi connectivity index (χ3v) is 15.4. The number of rotatable bonds is 12. The molecular weight excluding hydrogens is 1050 g/mol. The molecule has 24 nitrogen and oxygen atoms in total. The molecule has 25 heteroatoms. The van der Waals surface area contributed by atoms with Crippen LogP contribution in [0.2, 0.25) is 0 Å². The predicted octanol–water partition coefficient (Wildman–Crippen LogP) is 7.57. The molecule has 14 rings (SSSR count). The highest BCUT2D eigenvalue weighted by molar-refractivity contribution is 5.90. The molecule has 4 fully saturated rings. The fourth-order valence-corrected chi connectivity index (χ4v) is 11.1. The largest absolute Gasteiger partial charge is 0.457 e. The van der Waals surface area contributed by atoms with Gasteiger partial charge in [0.05, 0.1) is 53.3 Å². The molecule has 2 N–H and O–H groups in total. The van der Waals surface area contributed by atoms with Gasteiger partial charge in [-0.3, -0.25) is 9.59 Å². The van der Waals surface area contributed by atoms with E-state index in [9.17, 15) is 9.59 Å². The van der Waals surface area contributed by atoms with Gasteiger partial charge in [0.25, 0.3) is 0 Å². The third-order valence-electron chi connectivity index (χ3n) is 15.4. The van der Waals surface area contributed by atoms with E-state index in [1.54, 1.807) is 52.9 Å². The first-order valence-electron chi connectivity index (χ1n) is 26.6. The highest BCUT2D eigenvalue weighted by Gasteiger charge is 2.51. The predicted molar refractivity (Wildman–Crippen MR) is 304 cm³/mol. The number of halogens is 1. The molecule has 10 aromatic rings. The Hall–Kier alpha value is -10.3. The summed E-state index contributed by atoms with van der Waals surface area (Å²) in [5.74, 6) is 3.86. The van der Waals surface area contributed by atoms with Gasteiger partial charge in [0.2, 0.25) is 23.7 Å². The van der Waals surface area contributed by atoms with Crippen molar-refractivity contribution in [3.8, 4) is 23.0 Å². The van der Waals surface area contributed by atoms with Crippen molar-refractivity contribution in [1.29, 1.82) is 0 Å². The fourth-order valence-electron chi connectivity index (χ4n) is 11.1. The van der Waals surface area contributed by atoms with Gasteiger partial charge in [-0.15, -0.1) is 10.2 Å². The summed E-state index contributed by atoms with van der Waals surface area (Å²) in [7, 11) is 3.67. The van der Waals surface area contributed by atoms with Gasteiger partial charge in [-0.05, 0) is 105 Å². The molecule has 2 amide bonds. The number of nitrogens with one attached hydrogen (secondary N) is 2. The first-order chi connectivity index (χ1) is 39.9. The number of fused-ring (bicyclic) bond motifs is 7. The first kappa shape index (κ1) is 51.1. The maximum atomic E-state index is 15.6. The summed E-state index contributed by atoms with van der Waals surface area (Å²) in [6, 6.07) is 20.8. The van der Waals surface area contributed by atoms with Crippen molar-refractivity contribution in [2.24, 2.45) is 14.1 Å². The lowest BCUT2D eigenvalue weighted by Gasteiger charge is -2.40. The number of carbonyl (C=O) groups is 2. The Labute approximate surface area is 467 Å². The van der Waals surface area contributed by atoms with Crippen LogP contribution in [0, 0.1) is 19.7 Å². The van der Waals surface area contributed by atoms with E-state index in [1.807, 2.05) is 73.3 Å². The van der Waals surface area contributed by atoms with Crippen LogP contribution >= 0.6 is 0 Å². The maximum Gasteiger partial charge on any atom is 0.246 e. The van der Waals surface area contributed by atoms with Crippen LogP contribution in [0.5, 0.6) is 23.0 Å². The number of hydrogen-bond acceptors (Lipinski definition) is 20. The van der Waals surface area contributed by atoms with E-state index in [1.165, 1.54) is 24.8 Å². The molecule has 4 unspecified atom stereocenters. The van der Waals surface area contributed by atoms with Crippen LogP contribution in [0.3, 0.4) is 0 Å². The fraction of sp³-hybridized carbons (Fsp3) is 0.263. The van der Waals surface area contributed by atoms with E-state index < -0.39 is 5.82 Å². The molecular formula is C57H53FN20O4. The average Bonchev–Trinajstić information content (AvgIpc) is 4.18. The molecule has 2 bridgehead atoms. The zero-order valence-corrected chi connectivity index (χ0v) is 45.0. The van der Waals surface area contributed by atoms with E-state index in [2.05, 4.69) is 84.1 Å². The van der Waals surface area contributed by atoms with Gasteiger partial charge in [-0.25, -0.2) is 53.6 Å². The second kappa shape index (κ2) is 20.7. The van der Waals surface area contributed by atoms with E-state index in [4.69, 9.17) is 19.4 Å². The summed E-state index contributed by atoms with van der Waals surface area (Å²) in [6.07, 6.45) is 11.8. The minimum atomic E-state index is -0.479. The number of nitrogens with zero attached hydrogens (tertiary/aromatic N) is 18. The Balaban J connectivity index is 0.000000154. The molecule has 9 heterocycles. The zero-order valence-electron chi connectivity index (χ0n) is 45.0. The lowest BCUT2D eigenvalue weighted by Crippen LogP contribution is -2.55. The van der Waals surface area contributed by atoms with Crippen LogP contribution in [-0.2, 0) is 23.7 Å². The summed E-state index contributed by atoms with van der Waals surface area (Å²) in [6.45, 7) is 13.4.